The molecule has 0 saturated carbocycles. The molecule has 1 unspecified atom stereocenters. The fourth-order valence-electron chi connectivity index (χ4n) is 3.13. The van der Waals surface area contributed by atoms with Crippen molar-refractivity contribution < 1.29 is 4.74 Å². The van der Waals surface area contributed by atoms with Crippen molar-refractivity contribution in [3.63, 3.8) is 0 Å². The molecule has 3 nitrogen and oxygen atoms in total. The molecule has 2 heterocycles. The molecule has 2 aliphatic rings. The highest BCUT2D eigenvalue weighted by molar-refractivity contribution is 6.35. The number of ether oxygens (including phenoxy) is 1. The van der Waals surface area contributed by atoms with E-state index in [1.165, 1.54) is 0 Å². The molecule has 1 fully saturated rings. The minimum Gasteiger partial charge on any atom is -0.484 e. The molecule has 3 rings (SSSR count). The number of hydrogen-bond acceptors (Lipinski definition) is 3. The van der Waals surface area contributed by atoms with Gasteiger partial charge in [0.25, 0.3) is 0 Å². The van der Waals surface area contributed by atoms with E-state index >= 15 is 0 Å². The number of fused-ring (bicyclic) bond motifs is 1. The van der Waals surface area contributed by atoms with Gasteiger partial charge in [0.15, 0.2) is 0 Å². The van der Waals surface area contributed by atoms with Gasteiger partial charge in [-0.2, -0.15) is 0 Å². The number of benzene rings is 1. The Morgan fingerprint density at radius 1 is 1.32 bits per heavy atom. The summed E-state index contributed by atoms with van der Waals surface area (Å²) >= 11 is 12.3. The van der Waals surface area contributed by atoms with Crippen LogP contribution in [0.3, 0.4) is 0 Å². The molecular weight excluding hydrogens is 283 g/mol. The third-order valence-electron chi connectivity index (χ3n) is 4.09. The van der Waals surface area contributed by atoms with Crippen molar-refractivity contribution in [1.29, 1.82) is 0 Å². The number of nitrogens with two attached hydrogens (primary N) is 1. The first-order valence-corrected chi connectivity index (χ1v) is 7.47. The minimum absolute atomic E-state index is 0.0837. The molecule has 0 aromatic heterocycles. The molecule has 0 radical (unpaired) electrons. The molecule has 104 valence electrons. The van der Waals surface area contributed by atoms with Crippen molar-refractivity contribution in [3.05, 3.63) is 27.7 Å². The molecule has 1 aromatic rings. The lowest BCUT2D eigenvalue weighted by Crippen LogP contribution is -2.43. The van der Waals surface area contributed by atoms with Crippen LogP contribution in [0.5, 0.6) is 5.75 Å². The van der Waals surface area contributed by atoms with Crippen molar-refractivity contribution in [3.8, 4) is 5.75 Å². The second-order valence-corrected chi connectivity index (χ2v) is 6.32. The quantitative estimate of drug-likeness (QED) is 0.913. The largest absolute Gasteiger partial charge is 0.484 e. The first kappa shape index (κ1) is 13.5. The van der Waals surface area contributed by atoms with Crippen LogP contribution in [-0.2, 0) is 6.42 Å². The fraction of sp³-hybridized carbons (Fsp3) is 0.571. The Morgan fingerprint density at radius 2 is 2.16 bits per heavy atom. The van der Waals surface area contributed by atoms with E-state index in [-0.39, 0.29) is 5.60 Å². The first-order valence-electron chi connectivity index (χ1n) is 6.71. The van der Waals surface area contributed by atoms with Crippen LogP contribution in [0.1, 0.15) is 18.4 Å². The molecule has 5 heteroatoms. The number of nitrogens with zero attached hydrogens (tertiary/aromatic N) is 1. The van der Waals surface area contributed by atoms with Crippen LogP contribution in [0.4, 0.5) is 0 Å². The average molecular weight is 301 g/mol. The van der Waals surface area contributed by atoms with Gasteiger partial charge >= 0.3 is 0 Å². The molecule has 1 atom stereocenters. The molecule has 0 amide bonds. The molecule has 0 aliphatic carbocycles. The number of rotatable bonds is 2. The molecule has 0 bridgehead atoms. The lowest BCUT2D eigenvalue weighted by atomic mass is 9.90. The maximum atomic E-state index is 6.27. The number of halogens is 2. The van der Waals surface area contributed by atoms with Gasteiger partial charge in [-0.05, 0) is 30.5 Å². The van der Waals surface area contributed by atoms with Crippen LogP contribution in [0.2, 0.25) is 10.0 Å². The van der Waals surface area contributed by atoms with Crippen LogP contribution < -0.4 is 10.5 Å². The zero-order valence-electron chi connectivity index (χ0n) is 10.8. The van der Waals surface area contributed by atoms with E-state index in [4.69, 9.17) is 33.7 Å². The predicted molar refractivity (Wildman–Crippen MR) is 78.3 cm³/mol. The standard InChI is InChI=1S/C14H18Cl2N2O/c15-11-7-10-1-2-14(19-13(10)12(16)8-11)3-5-18(9-14)6-4-17/h7-8H,1-6,9,17H2. The lowest BCUT2D eigenvalue weighted by Gasteiger charge is -2.36. The highest BCUT2D eigenvalue weighted by Gasteiger charge is 2.42. The summed E-state index contributed by atoms with van der Waals surface area (Å²) < 4.78 is 6.27. The van der Waals surface area contributed by atoms with E-state index < -0.39 is 0 Å². The number of likely N-dealkylation sites (tertiary alicyclic amines) is 1. The zero-order valence-corrected chi connectivity index (χ0v) is 12.3. The van der Waals surface area contributed by atoms with E-state index in [9.17, 15) is 0 Å². The summed E-state index contributed by atoms with van der Waals surface area (Å²) in [4.78, 5) is 2.37. The fourth-order valence-corrected chi connectivity index (χ4v) is 3.71. The molecule has 19 heavy (non-hydrogen) atoms. The van der Waals surface area contributed by atoms with Crippen molar-refractivity contribution in [2.75, 3.05) is 26.2 Å². The minimum atomic E-state index is -0.0837. The van der Waals surface area contributed by atoms with Gasteiger partial charge in [0.1, 0.15) is 11.4 Å². The SMILES string of the molecule is NCCN1CCC2(CCc3cc(Cl)cc(Cl)c3O2)C1. The van der Waals surface area contributed by atoms with E-state index in [2.05, 4.69) is 4.90 Å². The molecule has 1 saturated heterocycles. The summed E-state index contributed by atoms with van der Waals surface area (Å²) in [5.74, 6) is 0.826. The van der Waals surface area contributed by atoms with Gasteiger partial charge in [0.05, 0.1) is 5.02 Å². The topological polar surface area (TPSA) is 38.5 Å². The van der Waals surface area contributed by atoms with Crippen LogP contribution >= 0.6 is 23.2 Å². The first-order chi connectivity index (χ1) is 9.12. The zero-order chi connectivity index (χ0) is 13.5. The Morgan fingerprint density at radius 3 is 2.95 bits per heavy atom. The van der Waals surface area contributed by atoms with Crippen LogP contribution in [0, 0.1) is 0 Å². The number of hydrogen-bond donors (Lipinski definition) is 1. The summed E-state index contributed by atoms with van der Waals surface area (Å²) in [5.41, 5.74) is 6.67. The summed E-state index contributed by atoms with van der Waals surface area (Å²) in [6, 6.07) is 3.72. The van der Waals surface area contributed by atoms with Crippen molar-refractivity contribution >= 4 is 23.2 Å². The Labute approximate surface area is 123 Å². The van der Waals surface area contributed by atoms with Gasteiger partial charge in [0, 0.05) is 37.6 Å². The van der Waals surface area contributed by atoms with E-state index in [0.717, 1.165) is 50.2 Å². The van der Waals surface area contributed by atoms with Gasteiger partial charge < -0.3 is 10.5 Å². The highest BCUT2D eigenvalue weighted by atomic mass is 35.5. The third kappa shape index (κ3) is 2.57. The van der Waals surface area contributed by atoms with Crippen LogP contribution in [-0.4, -0.2) is 36.7 Å². The summed E-state index contributed by atoms with van der Waals surface area (Å²) in [6.07, 6.45) is 3.05. The Balaban J connectivity index is 1.83. The van der Waals surface area contributed by atoms with Crippen molar-refractivity contribution in [2.24, 2.45) is 5.73 Å². The van der Waals surface area contributed by atoms with Crippen LogP contribution in [0.25, 0.3) is 0 Å². The van der Waals surface area contributed by atoms with E-state index in [0.29, 0.717) is 16.6 Å². The normalized spacial score (nSPS) is 26.5. The number of aryl methyl sites for hydroxylation is 1. The van der Waals surface area contributed by atoms with Gasteiger partial charge in [0.2, 0.25) is 0 Å². The average Bonchev–Trinajstić information content (AvgIpc) is 2.74. The molecule has 1 aromatic carbocycles. The van der Waals surface area contributed by atoms with Gasteiger partial charge in [-0.3, -0.25) is 4.90 Å². The Hall–Kier alpha value is -0.480. The van der Waals surface area contributed by atoms with Crippen LogP contribution in [0.15, 0.2) is 12.1 Å². The second kappa shape index (κ2) is 5.13. The van der Waals surface area contributed by atoms with Gasteiger partial charge in [-0.15, -0.1) is 0 Å². The van der Waals surface area contributed by atoms with Crippen molar-refractivity contribution in [2.45, 2.75) is 24.9 Å². The Kier molecular flexibility index (Phi) is 3.65. The molecular formula is C14H18Cl2N2O. The summed E-state index contributed by atoms with van der Waals surface area (Å²) in [5, 5.41) is 1.30. The Bertz CT molecular complexity index is 495. The molecule has 1 spiro atoms. The maximum absolute atomic E-state index is 6.27. The second-order valence-electron chi connectivity index (χ2n) is 5.48. The maximum Gasteiger partial charge on any atom is 0.142 e. The summed E-state index contributed by atoms with van der Waals surface area (Å²) in [6.45, 7) is 3.63. The predicted octanol–water partition coefficient (Wildman–Crippen LogP) is 2.72. The lowest BCUT2D eigenvalue weighted by molar-refractivity contribution is 0.0550. The smallest absolute Gasteiger partial charge is 0.142 e. The van der Waals surface area contributed by atoms with E-state index in [1.807, 2.05) is 6.07 Å². The monoisotopic (exact) mass is 300 g/mol. The molecule has 2 aliphatic heterocycles. The van der Waals surface area contributed by atoms with E-state index in [1.54, 1.807) is 6.07 Å². The molecule has 2 N–H and O–H groups in total. The van der Waals surface area contributed by atoms with Gasteiger partial charge in [-0.1, -0.05) is 23.2 Å². The highest BCUT2D eigenvalue weighted by Crippen LogP contribution is 2.43. The van der Waals surface area contributed by atoms with Crippen molar-refractivity contribution in [1.82, 2.24) is 4.90 Å². The van der Waals surface area contributed by atoms with Gasteiger partial charge in [-0.25, -0.2) is 0 Å². The summed E-state index contributed by atoms with van der Waals surface area (Å²) in [7, 11) is 0. The third-order valence-corrected chi connectivity index (χ3v) is 4.59.